The standard InChI is InChI=1S/C19H15ClN2OS/c1-2-9-21-19-18-16(12-5-3-4-6-14(12)22-19)17(23)13-10-11(20)7-8-15(13)24-18/h3-8,10H,2,9H2,1H3,(H,21,22). The number of hydrogen-bond donors (Lipinski definition) is 1. The van der Waals surface area contributed by atoms with E-state index in [-0.39, 0.29) is 5.43 Å². The molecule has 4 rings (SSSR count). The highest BCUT2D eigenvalue weighted by atomic mass is 35.5. The van der Waals surface area contributed by atoms with Crippen molar-refractivity contribution in [3.63, 3.8) is 0 Å². The van der Waals surface area contributed by atoms with Crippen molar-refractivity contribution in [2.24, 2.45) is 0 Å². The highest BCUT2D eigenvalue weighted by molar-refractivity contribution is 7.25. The summed E-state index contributed by atoms with van der Waals surface area (Å²) in [4.78, 5) is 17.9. The highest BCUT2D eigenvalue weighted by Gasteiger charge is 2.14. The fourth-order valence-corrected chi connectivity index (χ4v) is 4.20. The molecule has 0 amide bonds. The van der Waals surface area contributed by atoms with E-state index in [2.05, 4.69) is 12.2 Å². The third-order valence-corrected chi connectivity index (χ3v) is 5.43. The Morgan fingerprint density at radius 2 is 2.00 bits per heavy atom. The first-order chi connectivity index (χ1) is 11.7. The van der Waals surface area contributed by atoms with Crippen molar-refractivity contribution in [3.8, 4) is 0 Å². The second kappa shape index (κ2) is 6.04. The molecule has 0 aliphatic heterocycles. The lowest BCUT2D eigenvalue weighted by molar-refractivity contribution is 0.974. The third-order valence-electron chi connectivity index (χ3n) is 4.02. The SMILES string of the molecule is CCCNc1nc2ccccc2c2c(=O)c3cc(Cl)ccc3sc12. The van der Waals surface area contributed by atoms with E-state index in [1.807, 2.05) is 36.4 Å². The molecule has 24 heavy (non-hydrogen) atoms. The predicted octanol–water partition coefficient (Wildman–Crippen LogP) is 5.44. The van der Waals surface area contributed by atoms with Crippen LogP contribution >= 0.6 is 22.9 Å². The van der Waals surface area contributed by atoms with Gasteiger partial charge in [0.2, 0.25) is 0 Å². The van der Waals surface area contributed by atoms with E-state index < -0.39 is 0 Å². The molecule has 0 radical (unpaired) electrons. The number of hydrogen-bond acceptors (Lipinski definition) is 4. The second-order valence-corrected chi connectivity index (χ2v) is 7.17. The molecule has 0 atom stereocenters. The number of nitrogens with one attached hydrogen (secondary N) is 1. The van der Waals surface area contributed by atoms with Gasteiger partial charge in [-0.1, -0.05) is 36.7 Å². The van der Waals surface area contributed by atoms with Crippen LogP contribution in [0.5, 0.6) is 0 Å². The molecule has 4 aromatic rings. The Kier molecular flexibility index (Phi) is 3.87. The van der Waals surface area contributed by atoms with E-state index in [9.17, 15) is 4.79 Å². The van der Waals surface area contributed by atoms with Gasteiger partial charge in [-0.2, -0.15) is 0 Å². The Bertz CT molecular complexity index is 1140. The maximum atomic E-state index is 13.2. The number of anilines is 1. The van der Waals surface area contributed by atoms with Crippen LogP contribution in [0.4, 0.5) is 5.82 Å². The molecule has 0 fully saturated rings. The van der Waals surface area contributed by atoms with Crippen LogP contribution in [0.3, 0.4) is 0 Å². The summed E-state index contributed by atoms with van der Waals surface area (Å²) < 4.78 is 1.83. The lowest BCUT2D eigenvalue weighted by atomic mass is 10.1. The Morgan fingerprint density at radius 1 is 1.17 bits per heavy atom. The average Bonchev–Trinajstić information content (AvgIpc) is 2.60. The zero-order valence-electron chi connectivity index (χ0n) is 13.1. The van der Waals surface area contributed by atoms with E-state index in [0.29, 0.717) is 10.4 Å². The largest absolute Gasteiger partial charge is 0.369 e. The second-order valence-electron chi connectivity index (χ2n) is 5.68. The first-order valence-corrected chi connectivity index (χ1v) is 9.07. The summed E-state index contributed by atoms with van der Waals surface area (Å²) in [5.74, 6) is 0.782. The smallest absolute Gasteiger partial charge is 0.196 e. The van der Waals surface area contributed by atoms with Gasteiger partial charge in [0.1, 0.15) is 5.82 Å². The maximum absolute atomic E-state index is 13.2. The summed E-state index contributed by atoms with van der Waals surface area (Å²) in [5, 5.41) is 6.22. The van der Waals surface area contributed by atoms with E-state index >= 15 is 0 Å². The molecule has 0 unspecified atom stereocenters. The topological polar surface area (TPSA) is 42.0 Å². The summed E-state index contributed by atoms with van der Waals surface area (Å²) in [6.07, 6.45) is 0.994. The van der Waals surface area contributed by atoms with Crippen LogP contribution < -0.4 is 10.7 Å². The van der Waals surface area contributed by atoms with Gasteiger partial charge in [-0.3, -0.25) is 4.79 Å². The highest BCUT2D eigenvalue weighted by Crippen LogP contribution is 2.34. The van der Waals surface area contributed by atoms with Gasteiger partial charge in [-0.25, -0.2) is 4.98 Å². The summed E-state index contributed by atoms with van der Waals surface area (Å²) in [6.45, 7) is 2.93. The fraction of sp³-hybridized carbons (Fsp3) is 0.158. The van der Waals surface area contributed by atoms with Gasteiger partial charge in [-0.15, -0.1) is 11.3 Å². The molecule has 2 aromatic heterocycles. The molecule has 0 bridgehead atoms. The molecule has 0 spiro atoms. The zero-order chi connectivity index (χ0) is 16.7. The summed E-state index contributed by atoms with van der Waals surface area (Å²) in [6, 6.07) is 13.3. The quantitative estimate of drug-likeness (QED) is 0.393. The van der Waals surface area contributed by atoms with Crippen LogP contribution in [-0.2, 0) is 0 Å². The Morgan fingerprint density at radius 3 is 2.83 bits per heavy atom. The van der Waals surface area contributed by atoms with Crippen molar-refractivity contribution in [1.82, 2.24) is 4.98 Å². The van der Waals surface area contributed by atoms with Crippen molar-refractivity contribution in [3.05, 3.63) is 57.7 Å². The van der Waals surface area contributed by atoms with Crippen LogP contribution in [0, 0.1) is 0 Å². The molecule has 3 nitrogen and oxygen atoms in total. The Balaban J connectivity index is 2.21. The summed E-state index contributed by atoms with van der Waals surface area (Å²) in [7, 11) is 0. The first-order valence-electron chi connectivity index (χ1n) is 7.87. The molecule has 0 saturated carbocycles. The molecule has 5 heteroatoms. The van der Waals surface area contributed by atoms with Gasteiger partial charge in [0.15, 0.2) is 5.43 Å². The fourth-order valence-electron chi connectivity index (χ4n) is 2.90. The van der Waals surface area contributed by atoms with Gasteiger partial charge < -0.3 is 5.32 Å². The van der Waals surface area contributed by atoms with E-state index in [0.717, 1.165) is 44.5 Å². The minimum absolute atomic E-state index is 0.0133. The number of nitrogens with zero attached hydrogens (tertiary/aromatic N) is 1. The lowest BCUT2D eigenvalue weighted by Gasteiger charge is -2.11. The van der Waals surface area contributed by atoms with Gasteiger partial charge in [0.25, 0.3) is 0 Å². The Labute approximate surface area is 147 Å². The average molecular weight is 355 g/mol. The van der Waals surface area contributed by atoms with Crippen LogP contribution in [0.1, 0.15) is 13.3 Å². The number of pyridine rings is 1. The molecule has 0 aliphatic carbocycles. The van der Waals surface area contributed by atoms with E-state index in [1.165, 1.54) is 0 Å². The number of aromatic nitrogens is 1. The van der Waals surface area contributed by atoms with Crippen molar-refractivity contribution in [2.45, 2.75) is 13.3 Å². The summed E-state index contributed by atoms with van der Waals surface area (Å²) in [5.41, 5.74) is 0.841. The minimum Gasteiger partial charge on any atom is -0.369 e. The lowest BCUT2D eigenvalue weighted by Crippen LogP contribution is -2.07. The van der Waals surface area contributed by atoms with Crippen LogP contribution in [0.15, 0.2) is 47.3 Å². The van der Waals surface area contributed by atoms with Crippen LogP contribution in [0.2, 0.25) is 5.02 Å². The molecule has 120 valence electrons. The molecule has 0 saturated heterocycles. The van der Waals surface area contributed by atoms with Crippen molar-refractivity contribution in [2.75, 3.05) is 11.9 Å². The third kappa shape index (κ3) is 2.43. The molecule has 0 aliphatic rings. The molecular formula is C19H15ClN2OS. The Hall–Kier alpha value is -2.17. The number of para-hydroxylation sites is 1. The first kappa shape index (κ1) is 15.4. The van der Waals surface area contributed by atoms with Crippen molar-refractivity contribution in [1.29, 1.82) is 0 Å². The van der Waals surface area contributed by atoms with Gasteiger partial charge in [-0.05, 0) is 30.7 Å². The van der Waals surface area contributed by atoms with Gasteiger partial charge in [0, 0.05) is 27.0 Å². The van der Waals surface area contributed by atoms with E-state index in [4.69, 9.17) is 16.6 Å². The minimum atomic E-state index is 0.0133. The normalized spacial score (nSPS) is 11.4. The molecule has 2 heterocycles. The number of fused-ring (bicyclic) bond motifs is 4. The maximum Gasteiger partial charge on any atom is 0.196 e. The number of halogens is 1. The van der Waals surface area contributed by atoms with Gasteiger partial charge >= 0.3 is 0 Å². The van der Waals surface area contributed by atoms with Gasteiger partial charge in [0.05, 0.1) is 15.6 Å². The number of rotatable bonds is 3. The molecule has 2 aromatic carbocycles. The molecular weight excluding hydrogens is 340 g/mol. The predicted molar refractivity (Wildman–Crippen MR) is 105 cm³/mol. The molecule has 1 N–H and O–H groups in total. The zero-order valence-corrected chi connectivity index (χ0v) is 14.7. The van der Waals surface area contributed by atoms with Crippen LogP contribution in [-0.4, -0.2) is 11.5 Å². The van der Waals surface area contributed by atoms with Crippen molar-refractivity contribution >= 4 is 59.8 Å². The monoisotopic (exact) mass is 354 g/mol. The van der Waals surface area contributed by atoms with Crippen LogP contribution in [0.25, 0.3) is 31.1 Å². The summed E-state index contributed by atoms with van der Waals surface area (Å²) >= 11 is 7.68. The number of benzene rings is 2. The van der Waals surface area contributed by atoms with E-state index in [1.54, 1.807) is 17.4 Å². The van der Waals surface area contributed by atoms with Crippen molar-refractivity contribution < 1.29 is 0 Å².